The number of hydrogen-bond acceptors (Lipinski definition) is 4. The van der Waals surface area contributed by atoms with Crippen LogP contribution < -0.4 is 0 Å². The first kappa shape index (κ1) is 14.3. The van der Waals surface area contributed by atoms with Crippen molar-refractivity contribution in [3.05, 3.63) is 39.4 Å². The van der Waals surface area contributed by atoms with Crippen molar-refractivity contribution in [2.75, 3.05) is 7.11 Å². The molecule has 0 amide bonds. The molecule has 5 nitrogen and oxygen atoms in total. The van der Waals surface area contributed by atoms with Gasteiger partial charge in [0, 0.05) is 11.6 Å². The number of hydrogen-bond donors (Lipinski definition) is 0. The molecule has 1 fully saturated rings. The van der Waals surface area contributed by atoms with Gasteiger partial charge in [0.1, 0.15) is 0 Å². The van der Waals surface area contributed by atoms with E-state index in [2.05, 4.69) is 4.74 Å². The highest BCUT2D eigenvalue weighted by Gasteiger charge is 2.56. The van der Waals surface area contributed by atoms with Crippen molar-refractivity contribution in [1.29, 1.82) is 0 Å². The first-order valence-corrected chi connectivity index (χ1v) is 5.67. The van der Waals surface area contributed by atoms with Gasteiger partial charge < -0.3 is 4.74 Å². The second kappa shape index (κ2) is 4.46. The quantitative estimate of drug-likeness (QED) is 0.487. The predicted molar refractivity (Wildman–Crippen MR) is 61.0 cm³/mol. The summed E-state index contributed by atoms with van der Waals surface area (Å²) in [5, 5.41) is 11.0. The van der Waals surface area contributed by atoms with Gasteiger partial charge in [-0.15, -0.1) is 0 Å². The van der Waals surface area contributed by atoms with Crippen LogP contribution in [0.15, 0.2) is 18.2 Å². The highest BCUT2D eigenvalue weighted by atomic mass is 19.4. The van der Waals surface area contributed by atoms with E-state index in [4.69, 9.17) is 0 Å². The Hall–Kier alpha value is -2.12. The Labute approximate surface area is 111 Å². The van der Waals surface area contributed by atoms with Crippen LogP contribution in [0.5, 0.6) is 0 Å². The number of halogens is 3. The van der Waals surface area contributed by atoms with E-state index in [0.29, 0.717) is 18.9 Å². The molecule has 0 aromatic heterocycles. The fourth-order valence-corrected chi connectivity index (χ4v) is 2.17. The van der Waals surface area contributed by atoms with Gasteiger partial charge >= 0.3 is 12.1 Å². The third-order valence-electron chi connectivity index (χ3n) is 3.36. The molecule has 1 saturated carbocycles. The zero-order valence-electron chi connectivity index (χ0n) is 10.4. The topological polar surface area (TPSA) is 69.4 Å². The molecule has 1 aliphatic rings. The van der Waals surface area contributed by atoms with E-state index in [9.17, 15) is 28.1 Å². The molecule has 0 radical (unpaired) electrons. The number of nitro benzene ring substituents is 1. The summed E-state index contributed by atoms with van der Waals surface area (Å²) in [6.07, 6.45) is -4.02. The summed E-state index contributed by atoms with van der Waals surface area (Å²) in [7, 11) is 1.14. The van der Waals surface area contributed by atoms with Crippen LogP contribution in [0.3, 0.4) is 0 Å². The molecule has 0 saturated heterocycles. The minimum atomic E-state index is -4.68. The number of alkyl halides is 3. The lowest BCUT2D eigenvalue weighted by Crippen LogP contribution is -2.23. The number of ether oxygens (including phenoxy) is 1. The van der Waals surface area contributed by atoms with Crippen molar-refractivity contribution < 1.29 is 27.6 Å². The molecular formula is C12H10F3NO4. The lowest BCUT2D eigenvalue weighted by atomic mass is 9.93. The van der Waals surface area contributed by atoms with E-state index in [0.717, 1.165) is 19.2 Å². The van der Waals surface area contributed by atoms with Crippen molar-refractivity contribution >= 4 is 11.7 Å². The highest BCUT2D eigenvalue weighted by Crippen LogP contribution is 2.52. The van der Waals surface area contributed by atoms with E-state index < -0.39 is 33.7 Å². The minimum absolute atomic E-state index is 0.0256. The van der Waals surface area contributed by atoms with Crippen molar-refractivity contribution in [2.45, 2.75) is 24.4 Å². The largest absolute Gasteiger partial charge is 0.468 e. The second-order valence-electron chi connectivity index (χ2n) is 4.56. The van der Waals surface area contributed by atoms with E-state index in [1.165, 1.54) is 0 Å². The first-order valence-electron chi connectivity index (χ1n) is 5.67. The summed E-state index contributed by atoms with van der Waals surface area (Å²) >= 11 is 0. The highest BCUT2D eigenvalue weighted by molar-refractivity contribution is 5.88. The van der Waals surface area contributed by atoms with Gasteiger partial charge in [0.05, 0.1) is 23.0 Å². The number of carbonyl (C=O) groups is 1. The van der Waals surface area contributed by atoms with Crippen LogP contribution in [-0.2, 0) is 21.1 Å². The number of rotatable bonds is 3. The molecule has 8 heteroatoms. The SMILES string of the molecule is COC(=O)C1(c2ccc(C(F)(F)F)cc2[N+](=O)[O-])CC1. The molecule has 0 aliphatic heterocycles. The van der Waals surface area contributed by atoms with Crippen LogP contribution in [0.2, 0.25) is 0 Å². The maximum absolute atomic E-state index is 12.6. The molecule has 1 aromatic carbocycles. The Morgan fingerprint density at radius 3 is 2.40 bits per heavy atom. The van der Waals surface area contributed by atoms with Crippen molar-refractivity contribution in [3.8, 4) is 0 Å². The predicted octanol–water partition coefficient (Wildman–Crippen LogP) is 2.82. The molecule has 20 heavy (non-hydrogen) atoms. The molecule has 0 atom stereocenters. The number of nitrogens with zero attached hydrogens (tertiary/aromatic N) is 1. The van der Waals surface area contributed by atoms with Crippen molar-refractivity contribution in [3.63, 3.8) is 0 Å². The van der Waals surface area contributed by atoms with E-state index in [-0.39, 0.29) is 5.56 Å². The van der Waals surface area contributed by atoms with E-state index >= 15 is 0 Å². The molecule has 0 bridgehead atoms. The molecule has 1 aliphatic carbocycles. The van der Waals surface area contributed by atoms with Crippen LogP contribution in [0.25, 0.3) is 0 Å². The summed E-state index contributed by atoms with van der Waals surface area (Å²) < 4.78 is 42.3. The summed E-state index contributed by atoms with van der Waals surface area (Å²) in [5.41, 5.74) is -3.03. The standard InChI is InChI=1S/C12H10F3NO4/c1-20-10(17)11(4-5-11)8-3-2-7(12(13,14)15)6-9(8)16(18)19/h2-3,6H,4-5H2,1H3. The number of nitro groups is 1. The molecule has 0 unspecified atom stereocenters. The molecule has 2 rings (SSSR count). The van der Waals surface area contributed by atoms with Gasteiger partial charge in [0.2, 0.25) is 0 Å². The van der Waals surface area contributed by atoms with Crippen molar-refractivity contribution in [1.82, 2.24) is 0 Å². The number of benzene rings is 1. The van der Waals surface area contributed by atoms with Gasteiger partial charge in [-0.1, -0.05) is 6.07 Å². The van der Waals surface area contributed by atoms with Crippen molar-refractivity contribution in [2.24, 2.45) is 0 Å². The maximum atomic E-state index is 12.6. The Morgan fingerprint density at radius 2 is 2.00 bits per heavy atom. The van der Waals surface area contributed by atoms with Gasteiger partial charge in [0.25, 0.3) is 5.69 Å². The summed E-state index contributed by atoms with van der Waals surface area (Å²) in [6, 6.07) is 2.19. The lowest BCUT2D eigenvalue weighted by Gasteiger charge is -2.14. The van der Waals surface area contributed by atoms with Gasteiger partial charge in [-0.2, -0.15) is 13.2 Å². The smallest absolute Gasteiger partial charge is 0.416 e. The molecule has 108 valence electrons. The summed E-state index contributed by atoms with van der Waals surface area (Å²) in [4.78, 5) is 21.7. The normalized spacial score (nSPS) is 16.6. The number of methoxy groups -OCH3 is 1. The van der Waals surface area contributed by atoms with Crippen LogP contribution in [-0.4, -0.2) is 18.0 Å². The Bertz CT molecular complexity index is 579. The molecule has 0 heterocycles. The van der Waals surface area contributed by atoms with Gasteiger partial charge in [-0.3, -0.25) is 14.9 Å². The third-order valence-corrected chi connectivity index (χ3v) is 3.36. The molecule has 0 spiro atoms. The van der Waals surface area contributed by atoms with Crippen LogP contribution >= 0.6 is 0 Å². The molecular weight excluding hydrogens is 279 g/mol. The fraction of sp³-hybridized carbons (Fsp3) is 0.417. The third kappa shape index (κ3) is 2.21. The van der Waals surface area contributed by atoms with Crippen LogP contribution in [0, 0.1) is 10.1 Å². The fourth-order valence-electron chi connectivity index (χ4n) is 2.17. The summed E-state index contributed by atoms with van der Waals surface area (Å²) in [6.45, 7) is 0. The zero-order valence-corrected chi connectivity index (χ0v) is 10.4. The Balaban J connectivity index is 2.55. The minimum Gasteiger partial charge on any atom is -0.468 e. The Kier molecular flexibility index (Phi) is 3.19. The molecule has 0 N–H and O–H groups in total. The molecule has 1 aromatic rings. The number of esters is 1. The maximum Gasteiger partial charge on any atom is 0.416 e. The average molecular weight is 289 g/mol. The monoisotopic (exact) mass is 289 g/mol. The van der Waals surface area contributed by atoms with Gasteiger partial charge in [-0.25, -0.2) is 0 Å². The Morgan fingerprint density at radius 1 is 1.40 bits per heavy atom. The van der Waals surface area contributed by atoms with Gasteiger partial charge in [-0.05, 0) is 18.9 Å². The van der Waals surface area contributed by atoms with E-state index in [1.807, 2.05) is 0 Å². The second-order valence-corrected chi connectivity index (χ2v) is 4.56. The van der Waals surface area contributed by atoms with Gasteiger partial charge in [0.15, 0.2) is 0 Å². The average Bonchev–Trinajstić information content (AvgIpc) is 3.17. The first-order chi connectivity index (χ1) is 9.22. The van der Waals surface area contributed by atoms with Crippen LogP contribution in [0.4, 0.5) is 18.9 Å². The van der Waals surface area contributed by atoms with E-state index in [1.54, 1.807) is 0 Å². The number of carbonyl (C=O) groups excluding carboxylic acids is 1. The lowest BCUT2D eigenvalue weighted by molar-refractivity contribution is -0.386. The van der Waals surface area contributed by atoms with Crippen LogP contribution in [0.1, 0.15) is 24.0 Å². The summed E-state index contributed by atoms with van der Waals surface area (Å²) in [5.74, 6) is -0.666. The zero-order chi connectivity index (χ0) is 15.1.